The average Bonchev–Trinajstić information content (AvgIpc) is 3.23. The summed E-state index contributed by atoms with van der Waals surface area (Å²) in [4.78, 5) is 0. The molecule has 0 bridgehead atoms. The van der Waals surface area contributed by atoms with Crippen LogP contribution in [0.15, 0.2) is 65.3 Å². The highest BCUT2D eigenvalue weighted by Crippen LogP contribution is 2.28. The topological polar surface area (TPSA) is 48.2 Å². The van der Waals surface area contributed by atoms with E-state index in [1.165, 1.54) is 17.7 Å². The fraction of sp³-hybridized carbons (Fsp3) is 0.273. The van der Waals surface area contributed by atoms with E-state index in [0.29, 0.717) is 0 Å². The van der Waals surface area contributed by atoms with Crippen molar-refractivity contribution >= 4 is 0 Å². The van der Waals surface area contributed by atoms with Gasteiger partial charge in [-0.2, -0.15) is 0 Å². The molecule has 0 aliphatic carbocycles. The van der Waals surface area contributed by atoms with E-state index in [0.717, 1.165) is 42.3 Å². The van der Waals surface area contributed by atoms with Gasteiger partial charge in [0.25, 0.3) is 0 Å². The molecule has 0 spiro atoms. The normalized spacial score (nSPS) is 12.0. The summed E-state index contributed by atoms with van der Waals surface area (Å²) in [6.45, 7) is 1.76. The van der Waals surface area contributed by atoms with E-state index in [1.54, 1.807) is 20.5 Å². The Hall–Kier alpha value is -2.79. The molecule has 0 aliphatic heterocycles. The Morgan fingerprint density at radius 3 is 2.44 bits per heavy atom. The number of methoxy groups -OCH3 is 2. The van der Waals surface area contributed by atoms with Crippen LogP contribution < -0.4 is 14.8 Å². The minimum Gasteiger partial charge on any atom is -0.493 e. The summed E-state index contributed by atoms with van der Waals surface area (Å²) in [5.74, 6) is 2.26. The summed E-state index contributed by atoms with van der Waals surface area (Å²) in [5.41, 5.74) is 2.23. The molecule has 2 aromatic carbocycles. The highest BCUT2D eigenvalue weighted by Gasteiger charge is 2.18. The fourth-order valence-corrected chi connectivity index (χ4v) is 3.22. The monoisotopic (exact) mass is 370 g/mol. The summed E-state index contributed by atoms with van der Waals surface area (Å²) in [6.07, 6.45) is 2.58. The quantitative estimate of drug-likeness (QED) is 0.584. The van der Waals surface area contributed by atoms with Crippen molar-refractivity contribution in [2.45, 2.75) is 18.9 Å². The Morgan fingerprint density at radius 2 is 1.78 bits per heavy atom. The van der Waals surface area contributed by atoms with E-state index in [1.807, 2.05) is 42.5 Å². The lowest BCUT2D eigenvalue weighted by atomic mass is 9.93. The summed E-state index contributed by atoms with van der Waals surface area (Å²) >= 11 is 0. The van der Waals surface area contributed by atoms with Crippen LogP contribution in [0.4, 0.5) is 4.39 Å². The van der Waals surface area contributed by atoms with E-state index >= 15 is 0 Å². The fourth-order valence-electron chi connectivity index (χ4n) is 3.22. The molecule has 1 heterocycles. The Kier molecular flexibility index (Phi) is 6.49. The highest BCUT2D eigenvalue weighted by atomic mass is 19.1. The van der Waals surface area contributed by atoms with Gasteiger partial charge >= 0.3 is 0 Å². The number of nitrogens with two attached hydrogens (primary N) is 1. The molecule has 0 radical (unpaired) electrons. The third-order valence-corrected chi connectivity index (χ3v) is 4.65. The molecule has 0 saturated heterocycles. The van der Waals surface area contributed by atoms with Crippen molar-refractivity contribution in [3.8, 4) is 11.5 Å². The molecule has 0 unspecified atom stereocenters. The van der Waals surface area contributed by atoms with Gasteiger partial charge in [-0.15, -0.1) is 0 Å². The molecule has 2 N–H and O–H groups in total. The van der Waals surface area contributed by atoms with Crippen LogP contribution >= 0.6 is 0 Å². The smallest absolute Gasteiger partial charge is 0.161 e. The summed E-state index contributed by atoms with van der Waals surface area (Å²) in [7, 11) is 3.27. The maximum Gasteiger partial charge on any atom is 0.161 e. The standard InChI is InChI=1S/C22H24FNO3/c1-25-21-10-5-16(14-22(21)26-2)15-24-12-11-19(20-4-3-13-27-20)17-6-8-18(23)9-7-17/h3-10,13-14,19,24H,11-12,15H2,1-2H3/p+1/t19-/m0/s1. The van der Waals surface area contributed by atoms with Gasteiger partial charge in [-0.3, -0.25) is 0 Å². The Balaban J connectivity index is 1.61. The zero-order valence-corrected chi connectivity index (χ0v) is 15.7. The van der Waals surface area contributed by atoms with Gasteiger partial charge in [0, 0.05) is 17.9 Å². The van der Waals surface area contributed by atoms with Crippen LogP contribution in [0.2, 0.25) is 0 Å². The van der Waals surface area contributed by atoms with Gasteiger partial charge in [0.1, 0.15) is 18.1 Å². The first-order valence-electron chi connectivity index (χ1n) is 9.02. The molecule has 3 rings (SSSR count). The maximum atomic E-state index is 13.3. The Bertz CT molecular complexity index is 831. The Labute approximate surface area is 158 Å². The molecule has 27 heavy (non-hydrogen) atoms. The second-order valence-corrected chi connectivity index (χ2v) is 6.38. The van der Waals surface area contributed by atoms with Crippen molar-refractivity contribution < 1.29 is 23.6 Å². The minimum absolute atomic E-state index is 0.113. The van der Waals surface area contributed by atoms with E-state index in [-0.39, 0.29) is 11.7 Å². The largest absolute Gasteiger partial charge is 0.493 e. The number of hydrogen-bond donors (Lipinski definition) is 1. The zero-order valence-electron chi connectivity index (χ0n) is 15.7. The van der Waals surface area contributed by atoms with E-state index in [9.17, 15) is 4.39 Å². The van der Waals surface area contributed by atoms with Crippen molar-refractivity contribution in [2.24, 2.45) is 0 Å². The van der Waals surface area contributed by atoms with Crippen LogP contribution in [0.5, 0.6) is 11.5 Å². The highest BCUT2D eigenvalue weighted by molar-refractivity contribution is 5.42. The van der Waals surface area contributed by atoms with Gasteiger partial charge in [-0.1, -0.05) is 12.1 Å². The second kappa shape index (κ2) is 9.24. The van der Waals surface area contributed by atoms with Gasteiger partial charge in [-0.05, 0) is 48.0 Å². The number of hydrogen-bond acceptors (Lipinski definition) is 3. The average molecular weight is 370 g/mol. The number of quaternary nitrogens is 1. The van der Waals surface area contributed by atoms with Crippen LogP contribution in [0.1, 0.15) is 29.2 Å². The molecule has 1 aromatic heterocycles. The lowest BCUT2D eigenvalue weighted by Crippen LogP contribution is -2.82. The van der Waals surface area contributed by atoms with Crippen LogP contribution in [-0.2, 0) is 6.54 Å². The SMILES string of the molecule is COc1ccc(C[NH2+]CC[C@@H](c2ccc(F)cc2)c2ccco2)cc1OC. The van der Waals surface area contributed by atoms with Gasteiger partial charge in [0.2, 0.25) is 0 Å². The minimum atomic E-state index is -0.225. The first-order chi connectivity index (χ1) is 13.2. The molecule has 1 atom stereocenters. The first-order valence-corrected chi connectivity index (χ1v) is 9.02. The molecule has 0 saturated carbocycles. The predicted octanol–water partition coefficient (Wildman–Crippen LogP) is 3.72. The number of halogens is 1. The molecular formula is C22H25FNO3+. The Morgan fingerprint density at radius 1 is 1.00 bits per heavy atom. The summed E-state index contributed by atoms with van der Waals surface area (Å²) in [6, 6.07) is 16.5. The van der Waals surface area contributed by atoms with Crippen LogP contribution in [0.3, 0.4) is 0 Å². The van der Waals surface area contributed by atoms with Gasteiger partial charge in [0.05, 0.1) is 27.0 Å². The van der Waals surface area contributed by atoms with Gasteiger partial charge in [-0.25, -0.2) is 4.39 Å². The second-order valence-electron chi connectivity index (χ2n) is 6.38. The lowest BCUT2D eigenvalue weighted by molar-refractivity contribution is -0.671. The predicted molar refractivity (Wildman–Crippen MR) is 102 cm³/mol. The van der Waals surface area contributed by atoms with Crippen LogP contribution in [-0.4, -0.2) is 20.8 Å². The number of benzene rings is 2. The number of furan rings is 1. The molecule has 3 aromatic rings. The number of rotatable bonds is 9. The van der Waals surface area contributed by atoms with Crippen LogP contribution in [0, 0.1) is 5.82 Å². The van der Waals surface area contributed by atoms with Crippen molar-refractivity contribution in [1.82, 2.24) is 0 Å². The third kappa shape index (κ3) is 4.89. The van der Waals surface area contributed by atoms with Crippen LogP contribution in [0.25, 0.3) is 0 Å². The van der Waals surface area contributed by atoms with Crippen molar-refractivity contribution in [3.63, 3.8) is 0 Å². The van der Waals surface area contributed by atoms with Crippen molar-refractivity contribution in [1.29, 1.82) is 0 Å². The molecule has 0 amide bonds. The van der Waals surface area contributed by atoms with Crippen molar-refractivity contribution in [2.75, 3.05) is 20.8 Å². The first kappa shape index (κ1) is 19.0. The molecule has 0 fully saturated rings. The summed E-state index contributed by atoms with van der Waals surface area (Å²) in [5, 5.41) is 2.25. The molecule has 4 nitrogen and oxygen atoms in total. The third-order valence-electron chi connectivity index (χ3n) is 4.65. The lowest BCUT2D eigenvalue weighted by Gasteiger charge is -2.15. The van der Waals surface area contributed by atoms with Crippen molar-refractivity contribution in [3.05, 3.63) is 83.6 Å². The van der Waals surface area contributed by atoms with Gasteiger partial charge < -0.3 is 19.2 Å². The zero-order chi connectivity index (χ0) is 19.1. The van der Waals surface area contributed by atoms with E-state index in [2.05, 4.69) is 5.32 Å². The molecular weight excluding hydrogens is 345 g/mol. The summed E-state index contributed by atoms with van der Waals surface area (Å²) < 4.78 is 29.5. The van der Waals surface area contributed by atoms with Gasteiger partial charge in [0.15, 0.2) is 11.5 Å². The molecule has 142 valence electrons. The number of ether oxygens (including phenoxy) is 2. The van der Waals surface area contributed by atoms with E-state index < -0.39 is 0 Å². The molecule has 0 aliphatic rings. The molecule has 5 heteroatoms. The van der Waals surface area contributed by atoms with E-state index in [4.69, 9.17) is 13.9 Å². The maximum absolute atomic E-state index is 13.3.